The van der Waals surface area contributed by atoms with Gasteiger partial charge in [-0.15, -0.1) is 12.3 Å². The molecule has 0 unspecified atom stereocenters. The van der Waals surface area contributed by atoms with Crippen molar-refractivity contribution in [2.75, 3.05) is 41.3 Å². The van der Waals surface area contributed by atoms with Gasteiger partial charge in [0.15, 0.2) is 0 Å². The van der Waals surface area contributed by atoms with Crippen molar-refractivity contribution in [3.8, 4) is 12.3 Å². The molecule has 0 bridgehead atoms. The summed E-state index contributed by atoms with van der Waals surface area (Å²) in [4.78, 5) is 44.5. The second-order valence-corrected chi connectivity index (χ2v) is 10.3. The number of terminal acetylenes is 1. The van der Waals surface area contributed by atoms with E-state index in [-0.39, 0.29) is 25.9 Å². The first kappa shape index (κ1) is 26.2. The zero-order valence-electron chi connectivity index (χ0n) is 21.7. The third-order valence-electron chi connectivity index (χ3n) is 8.03. The van der Waals surface area contributed by atoms with Crippen molar-refractivity contribution in [3.05, 3.63) is 65.9 Å². The number of likely N-dealkylation sites (tertiary alicyclic amines) is 1. The second kappa shape index (κ2) is 10.7. The van der Waals surface area contributed by atoms with Crippen LogP contribution in [0.3, 0.4) is 0 Å². The molecule has 5 rings (SSSR count). The number of rotatable bonds is 5. The number of aliphatic hydroxyl groups excluding tert-OH is 1. The molecule has 202 valence electrons. The molecule has 2 aromatic rings. The minimum absolute atomic E-state index is 0.0506. The Balaban J connectivity index is 1.58. The van der Waals surface area contributed by atoms with Crippen LogP contribution in [0, 0.1) is 17.8 Å². The highest BCUT2D eigenvalue weighted by molar-refractivity contribution is 6.28. The number of carbonyl (C=O) groups excluding carboxylic acids is 2. The summed E-state index contributed by atoms with van der Waals surface area (Å²) < 4.78 is 0. The number of amides is 3. The van der Waals surface area contributed by atoms with Crippen LogP contribution in [0.25, 0.3) is 0 Å². The van der Waals surface area contributed by atoms with E-state index in [1.54, 1.807) is 30.3 Å². The molecule has 9 heteroatoms. The van der Waals surface area contributed by atoms with Gasteiger partial charge in [0.1, 0.15) is 11.3 Å². The molecule has 2 fully saturated rings. The number of carbonyl (C=O) groups is 3. The Morgan fingerprint density at radius 1 is 1.00 bits per heavy atom. The standard InChI is InChI=1S/C30H32N4O5/c1-2-16-30-20-33(29(38)39)19-15-24(30)34(23-13-11-22(12-14-23)32-17-7-4-8-18-32)28(37)25(26(30)35)27(36)31-21-9-5-3-6-10-21/h1,3,5-6,9-14,24,35H,4,7-8,15-20H2,(H,31,36)(H,38,39)/t24-,30-/m0/s1. The zero-order valence-corrected chi connectivity index (χ0v) is 21.7. The maximum absolute atomic E-state index is 14.0. The third-order valence-corrected chi connectivity index (χ3v) is 8.03. The number of piperidine rings is 2. The number of hydrogen-bond donors (Lipinski definition) is 3. The number of anilines is 3. The summed E-state index contributed by atoms with van der Waals surface area (Å²) in [6.07, 6.45) is 8.29. The second-order valence-electron chi connectivity index (χ2n) is 10.3. The molecular formula is C30H32N4O5. The Hall–Kier alpha value is -4.45. The predicted octanol–water partition coefficient (Wildman–Crippen LogP) is 4.24. The largest absolute Gasteiger partial charge is 0.510 e. The van der Waals surface area contributed by atoms with Gasteiger partial charge in [0, 0.05) is 49.7 Å². The average Bonchev–Trinajstić information content (AvgIpc) is 2.95. The summed E-state index contributed by atoms with van der Waals surface area (Å²) in [5.74, 6) is 0.691. The van der Waals surface area contributed by atoms with Crippen molar-refractivity contribution < 1.29 is 24.6 Å². The van der Waals surface area contributed by atoms with Crippen molar-refractivity contribution in [1.82, 2.24) is 4.90 Å². The number of aliphatic hydroxyl groups is 1. The number of fused-ring (bicyclic) bond motifs is 1. The predicted molar refractivity (Wildman–Crippen MR) is 149 cm³/mol. The Kier molecular flexibility index (Phi) is 7.20. The fourth-order valence-corrected chi connectivity index (χ4v) is 6.10. The van der Waals surface area contributed by atoms with Crippen LogP contribution in [0.5, 0.6) is 0 Å². The van der Waals surface area contributed by atoms with Gasteiger partial charge in [-0.25, -0.2) is 4.79 Å². The topological polar surface area (TPSA) is 113 Å². The summed E-state index contributed by atoms with van der Waals surface area (Å²) in [5, 5.41) is 24.1. The number of carboxylic acid groups (broad SMARTS) is 1. The molecule has 3 N–H and O–H groups in total. The van der Waals surface area contributed by atoms with Crippen molar-refractivity contribution in [3.63, 3.8) is 0 Å². The maximum Gasteiger partial charge on any atom is 0.407 e. The first-order valence-electron chi connectivity index (χ1n) is 13.3. The van der Waals surface area contributed by atoms with Gasteiger partial charge in [-0.1, -0.05) is 18.2 Å². The van der Waals surface area contributed by atoms with E-state index in [0.717, 1.165) is 31.6 Å². The fraction of sp³-hybridized carbons (Fsp3) is 0.367. The summed E-state index contributed by atoms with van der Waals surface area (Å²) in [6.45, 7) is 1.98. The molecule has 2 aromatic carbocycles. The number of nitrogens with zero attached hydrogens (tertiary/aromatic N) is 3. The van der Waals surface area contributed by atoms with E-state index in [9.17, 15) is 24.6 Å². The van der Waals surface area contributed by atoms with E-state index in [1.165, 1.54) is 16.2 Å². The van der Waals surface area contributed by atoms with Gasteiger partial charge in [0.05, 0.1) is 11.5 Å². The number of nitrogens with one attached hydrogen (secondary N) is 1. The quantitative estimate of drug-likeness (QED) is 0.395. The minimum Gasteiger partial charge on any atom is -0.510 e. The molecule has 3 aliphatic heterocycles. The molecule has 0 spiro atoms. The molecule has 3 aliphatic rings. The monoisotopic (exact) mass is 528 g/mol. The Morgan fingerprint density at radius 2 is 1.67 bits per heavy atom. The molecule has 0 aliphatic carbocycles. The molecule has 9 nitrogen and oxygen atoms in total. The molecule has 3 heterocycles. The van der Waals surface area contributed by atoms with Gasteiger partial charge >= 0.3 is 6.09 Å². The number of para-hydroxylation sites is 1. The van der Waals surface area contributed by atoms with Crippen LogP contribution in [-0.2, 0) is 9.59 Å². The fourth-order valence-electron chi connectivity index (χ4n) is 6.10. The van der Waals surface area contributed by atoms with Crippen LogP contribution in [0.2, 0.25) is 0 Å². The third kappa shape index (κ3) is 4.78. The van der Waals surface area contributed by atoms with Gasteiger partial charge in [-0.3, -0.25) is 9.59 Å². The van der Waals surface area contributed by atoms with E-state index < -0.39 is 40.7 Å². The van der Waals surface area contributed by atoms with Gasteiger partial charge in [-0.2, -0.15) is 0 Å². The highest BCUT2D eigenvalue weighted by Gasteiger charge is 2.57. The maximum atomic E-state index is 14.0. The van der Waals surface area contributed by atoms with Gasteiger partial charge in [0.2, 0.25) is 0 Å². The Morgan fingerprint density at radius 3 is 2.31 bits per heavy atom. The molecule has 2 atom stereocenters. The van der Waals surface area contributed by atoms with E-state index in [2.05, 4.69) is 16.1 Å². The summed E-state index contributed by atoms with van der Waals surface area (Å²) in [6, 6.07) is 15.6. The minimum atomic E-state index is -1.34. The first-order valence-corrected chi connectivity index (χ1v) is 13.3. The summed E-state index contributed by atoms with van der Waals surface area (Å²) >= 11 is 0. The van der Waals surface area contributed by atoms with Crippen LogP contribution in [0.1, 0.15) is 32.1 Å². The Labute approximate surface area is 227 Å². The first-order chi connectivity index (χ1) is 18.9. The van der Waals surface area contributed by atoms with Gasteiger partial charge in [0.25, 0.3) is 11.8 Å². The normalized spacial score (nSPS) is 23.2. The van der Waals surface area contributed by atoms with Crippen molar-refractivity contribution >= 4 is 35.0 Å². The van der Waals surface area contributed by atoms with Crippen LogP contribution < -0.4 is 15.1 Å². The Bertz CT molecular complexity index is 1330. The lowest BCUT2D eigenvalue weighted by Crippen LogP contribution is -2.65. The van der Waals surface area contributed by atoms with E-state index in [1.807, 2.05) is 24.3 Å². The van der Waals surface area contributed by atoms with Gasteiger partial charge in [-0.05, 0) is 62.1 Å². The number of hydrogen-bond acceptors (Lipinski definition) is 5. The van der Waals surface area contributed by atoms with E-state index in [4.69, 9.17) is 6.42 Å². The van der Waals surface area contributed by atoms with Crippen molar-refractivity contribution in [2.24, 2.45) is 5.41 Å². The number of benzene rings is 2. The average molecular weight is 529 g/mol. The highest BCUT2D eigenvalue weighted by Crippen LogP contribution is 2.48. The van der Waals surface area contributed by atoms with E-state index in [0.29, 0.717) is 11.4 Å². The summed E-state index contributed by atoms with van der Waals surface area (Å²) in [5.41, 5.74) is 0.302. The lowest BCUT2D eigenvalue weighted by atomic mass is 9.67. The smallest absolute Gasteiger partial charge is 0.407 e. The van der Waals surface area contributed by atoms with Crippen molar-refractivity contribution in [2.45, 2.75) is 38.1 Å². The highest BCUT2D eigenvalue weighted by atomic mass is 16.4. The van der Waals surface area contributed by atoms with E-state index >= 15 is 0 Å². The molecule has 39 heavy (non-hydrogen) atoms. The summed E-state index contributed by atoms with van der Waals surface area (Å²) in [7, 11) is 0. The molecule has 2 saturated heterocycles. The molecule has 3 amide bonds. The SMILES string of the molecule is C#CC[C@]12CN(C(=O)O)CC[C@@H]1N(c1ccc(N3CCCCC3)cc1)C(=O)C(C(=O)Nc1ccccc1)=C2O. The molecule has 0 aromatic heterocycles. The van der Waals surface area contributed by atoms with Crippen LogP contribution >= 0.6 is 0 Å². The molecule has 0 saturated carbocycles. The lowest BCUT2D eigenvalue weighted by molar-refractivity contribution is -0.122. The zero-order chi connectivity index (χ0) is 27.6. The van der Waals surface area contributed by atoms with Crippen LogP contribution in [0.15, 0.2) is 65.9 Å². The van der Waals surface area contributed by atoms with Crippen LogP contribution in [-0.4, -0.2) is 65.2 Å². The molecule has 0 radical (unpaired) electrons. The van der Waals surface area contributed by atoms with Crippen LogP contribution in [0.4, 0.5) is 21.9 Å². The lowest BCUT2D eigenvalue weighted by Gasteiger charge is -2.53. The molecular weight excluding hydrogens is 496 g/mol. The van der Waals surface area contributed by atoms with Crippen molar-refractivity contribution in [1.29, 1.82) is 0 Å². The van der Waals surface area contributed by atoms with Gasteiger partial charge < -0.3 is 30.2 Å².